The summed E-state index contributed by atoms with van der Waals surface area (Å²) in [6.45, 7) is 5.14. The van der Waals surface area contributed by atoms with E-state index in [4.69, 9.17) is 16.3 Å². The fraction of sp³-hybridized carbons (Fsp3) is 0.618. The van der Waals surface area contributed by atoms with Gasteiger partial charge in [0.1, 0.15) is 5.75 Å². The Morgan fingerprint density at radius 2 is 1.84 bits per heavy atom. The predicted molar refractivity (Wildman–Crippen MR) is 172 cm³/mol. The van der Waals surface area contributed by atoms with Crippen molar-refractivity contribution in [1.29, 1.82) is 0 Å². The van der Waals surface area contributed by atoms with Gasteiger partial charge >= 0.3 is 0 Å². The van der Waals surface area contributed by atoms with Gasteiger partial charge in [0.2, 0.25) is 10.0 Å². The first-order valence-corrected chi connectivity index (χ1v) is 18.0. The van der Waals surface area contributed by atoms with Crippen molar-refractivity contribution in [3.05, 3.63) is 58.1 Å². The summed E-state index contributed by atoms with van der Waals surface area (Å²) in [4.78, 5) is 15.7. The van der Waals surface area contributed by atoms with Gasteiger partial charge in [-0.3, -0.25) is 4.79 Å². The second-order valence-corrected chi connectivity index (χ2v) is 16.4. The molecule has 2 bridgehead atoms. The van der Waals surface area contributed by atoms with E-state index in [1.165, 1.54) is 11.1 Å². The molecule has 1 saturated carbocycles. The molecule has 0 unspecified atom stereocenters. The average Bonchev–Trinajstić information content (AvgIpc) is 3.14. The van der Waals surface area contributed by atoms with Crippen molar-refractivity contribution >= 4 is 33.2 Å². The number of aliphatic hydroxyl groups excluding tert-OH is 2. The Morgan fingerprint density at radius 1 is 1.05 bits per heavy atom. The maximum absolute atomic E-state index is 13.4. The van der Waals surface area contributed by atoms with Crippen molar-refractivity contribution in [2.45, 2.75) is 75.9 Å². The maximum atomic E-state index is 13.4. The number of sulfonamides is 1. The Bertz CT molecular complexity index is 1510. The molecule has 5 atom stereocenters. The summed E-state index contributed by atoms with van der Waals surface area (Å²) < 4.78 is 35.5. The number of hydrogen-bond donors (Lipinski definition) is 3. The molecule has 2 aliphatic heterocycles. The molecule has 2 aromatic rings. The Balaban J connectivity index is 1.44. The van der Waals surface area contributed by atoms with E-state index >= 15 is 0 Å². The number of hydrogen-bond acceptors (Lipinski definition) is 7. The molecule has 3 N–H and O–H groups in total. The van der Waals surface area contributed by atoms with Crippen LogP contribution in [-0.4, -0.2) is 62.7 Å². The van der Waals surface area contributed by atoms with Crippen LogP contribution in [0.25, 0.3) is 0 Å². The molecule has 44 heavy (non-hydrogen) atoms. The third kappa shape index (κ3) is 5.63. The van der Waals surface area contributed by atoms with Crippen molar-refractivity contribution < 1.29 is 28.2 Å². The molecule has 0 aromatic heterocycles. The van der Waals surface area contributed by atoms with E-state index in [0.717, 1.165) is 42.8 Å². The van der Waals surface area contributed by atoms with E-state index in [9.17, 15) is 23.4 Å². The van der Waals surface area contributed by atoms with E-state index in [-0.39, 0.29) is 41.9 Å². The highest BCUT2D eigenvalue weighted by Crippen LogP contribution is 2.51. The lowest BCUT2D eigenvalue weighted by atomic mass is 9.57. The van der Waals surface area contributed by atoms with Crippen LogP contribution in [0.1, 0.15) is 80.3 Å². The molecule has 1 amide bonds. The molecule has 8 nitrogen and oxygen atoms in total. The number of halogens is 1. The topological polar surface area (TPSA) is 116 Å². The van der Waals surface area contributed by atoms with E-state index < -0.39 is 26.6 Å². The van der Waals surface area contributed by atoms with Crippen LogP contribution in [0.15, 0.2) is 36.4 Å². The normalized spacial score (nSPS) is 31.5. The molecule has 10 heteroatoms. The quantitative estimate of drug-likeness (QED) is 0.418. The summed E-state index contributed by atoms with van der Waals surface area (Å²) in [5.41, 5.74) is 2.60. The third-order valence-corrected chi connectivity index (χ3v) is 13.6. The fourth-order valence-corrected chi connectivity index (χ4v) is 9.86. The van der Waals surface area contributed by atoms with Crippen LogP contribution in [0.2, 0.25) is 5.02 Å². The standard InChI is InChI=1S/C34H45ClN2O6S/c1-22-5-3-14-34(19-38,20-39)29-10-7-26(29)17-37-18-33(13-4-6-24-15-27(35)9-11-28(24)33)21-43-31-12-8-25(16-30(31)37)32(40)36-44(41,42)23(22)2/h8-9,11-12,15-16,22-23,26,29,38-39H,3-7,10,13-14,17-21H2,1-2H3,(H,36,40)/t22-,23+,26-,29+,33-/m0/s1. The molecule has 2 aromatic carbocycles. The molecule has 240 valence electrons. The van der Waals surface area contributed by atoms with Gasteiger partial charge in [-0.15, -0.1) is 0 Å². The van der Waals surface area contributed by atoms with E-state index in [0.29, 0.717) is 44.7 Å². The lowest BCUT2D eigenvalue weighted by Crippen LogP contribution is -2.52. The minimum Gasteiger partial charge on any atom is -0.490 e. The predicted octanol–water partition coefficient (Wildman–Crippen LogP) is 5.08. The van der Waals surface area contributed by atoms with E-state index in [1.807, 2.05) is 13.0 Å². The molecule has 0 radical (unpaired) electrons. The summed E-state index contributed by atoms with van der Waals surface area (Å²) in [6, 6.07) is 11.3. The van der Waals surface area contributed by atoms with Gasteiger partial charge in [-0.1, -0.05) is 31.0 Å². The SMILES string of the molecule is C[C@@H]1[C@@H](C)CCCC(CO)(CO)[C@@H]2CC[C@H]2CN2C[C@@]3(CCCc4cc(Cl)ccc43)COc3ccc(cc32)C(=O)NS1(=O)=O. The molecule has 4 aliphatic rings. The molecule has 1 spiro atoms. The van der Waals surface area contributed by atoms with Gasteiger partial charge in [-0.25, -0.2) is 13.1 Å². The Labute approximate surface area is 266 Å². The zero-order valence-electron chi connectivity index (χ0n) is 25.7. The molecule has 1 fully saturated rings. The number of carbonyl (C=O) groups is 1. The second kappa shape index (κ2) is 12.1. The first kappa shape index (κ1) is 31.6. The van der Waals surface area contributed by atoms with Gasteiger partial charge in [0.25, 0.3) is 5.91 Å². The Morgan fingerprint density at radius 3 is 2.57 bits per heavy atom. The lowest BCUT2D eigenvalue weighted by molar-refractivity contribution is -0.0665. The number of carbonyl (C=O) groups excluding carboxylic acids is 1. The third-order valence-electron chi connectivity index (χ3n) is 11.4. The van der Waals surface area contributed by atoms with Gasteiger partial charge in [0, 0.05) is 34.5 Å². The van der Waals surface area contributed by atoms with Crippen molar-refractivity contribution in [3.63, 3.8) is 0 Å². The first-order chi connectivity index (χ1) is 21.0. The smallest absolute Gasteiger partial charge is 0.264 e. The van der Waals surface area contributed by atoms with Crippen molar-refractivity contribution in [3.8, 4) is 5.75 Å². The molecular formula is C34H45ClN2O6S. The highest BCUT2D eigenvalue weighted by molar-refractivity contribution is 7.90. The van der Waals surface area contributed by atoms with Crippen LogP contribution in [0.3, 0.4) is 0 Å². The first-order valence-electron chi connectivity index (χ1n) is 16.1. The highest BCUT2D eigenvalue weighted by atomic mass is 35.5. The van der Waals surface area contributed by atoms with Gasteiger partial charge in [-0.05, 0) is 111 Å². The van der Waals surface area contributed by atoms with Crippen LogP contribution in [0.5, 0.6) is 5.75 Å². The van der Waals surface area contributed by atoms with E-state index in [1.54, 1.807) is 25.1 Å². The number of amides is 1. The molecular weight excluding hydrogens is 600 g/mol. The summed E-state index contributed by atoms with van der Waals surface area (Å²) >= 11 is 6.41. The summed E-state index contributed by atoms with van der Waals surface area (Å²) in [6.07, 6.45) is 6.74. The number of rotatable bonds is 2. The Hall–Kier alpha value is -2.33. The van der Waals surface area contributed by atoms with Gasteiger partial charge in [0.05, 0.1) is 30.8 Å². The average molecular weight is 645 g/mol. The Kier molecular flexibility index (Phi) is 8.72. The second-order valence-electron chi connectivity index (χ2n) is 14.0. The zero-order chi connectivity index (χ0) is 31.3. The zero-order valence-corrected chi connectivity index (χ0v) is 27.3. The number of aliphatic hydroxyl groups is 2. The monoisotopic (exact) mass is 644 g/mol. The fourth-order valence-electron chi connectivity index (χ4n) is 8.36. The number of anilines is 1. The van der Waals surface area contributed by atoms with Crippen molar-refractivity contribution in [1.82, 2.24) is 4.72 Å². The van der Waals surface area contributed by atoms with Crippen LogP contribution in [0, 0.1) is 23.2 Å². The van der Waals surface area contributed by atoms with Crippen LogP contribution in [-0.2, 0) is 21.9 Å². The lowest BCUT2D eigenvalue weighted by Gasteiger charge is -2.51. The summed E-state index contributed by atoms with van der Waals surface area (Å²) in [5, 5.41) is 21.3. The number of nitrogens with one attached hydrogen (secondary N) is 1. The minimum absolute atomic E-state index is 0.106. The highest BCUT2D eigenvalue weighted by Gasteiger charge is 2.49. The maximum Gasteiger partial charge on any atom is 0.264 e. The number of benzene rings is 2. The minimum atomic E-state index is -3.94. The number of nitrogens with zero attached hydrogens (tertiary/aromatic N) is 1. The number of aryl methyl sites for hydroxylation is 1. The number of fused-ring (bicyclic) bond motifs is 4. The van der Waals surface area contributed by atoms with Crippen molar-refractivity contribution in [2.75, 3.05) is 37.8 Å². The molecule has 6 rings (SSSR count). The van der Waals surface area contributed by atoms with Crippen LogP contribution in [0.4, 0.5) is 5.69 Å². The van der Waals surface area contributed by atoms with Gasteiger partial charge in [0.15, 0.2) is 0 Å². The molecule has 2 aliphatic carbocycles. The van der Waals surface area contributed by atoms with Gasteiger partial charge in [-0.2, -0.15) is 0 Å². The van der Waals surface area contributed by atoms with Crippen molar-refractivity contribution in [2.24, 2.45) is 23.2 Å². The summed E-state index contributed by atoms with van der Waals surface area (Å²) in [5.74, 6) is 0.191. The largest absolute Gasteiger partial charge is 0.490 e. The van der Waals surface area contributed by atoms with E-state index in [2.05, 4.69) is 21.8 Å². The number of ether oxygens (including phenoxy) is 1. The van der Waals surface area contributed by atoms with Crippen LogP contribution < -0.4 is 14.4 Å². The van der Waals surface area contributed by atoms with Crippen LogP contribution >= 0.6 is 11.6 Å². The summed E-state index contributed by atoms with van der Waals surface area (Å²) in [7, 11) is -3.94. The van der Waals surface area contributed by atoms with Gasteiger partial charge < -0.3 is 19.8 Å². The molecule has 2 heterocycles. The molecule has 0 saturated heterocycles.